The number of hydrogen-bond donors (Lipinski definition) is 1. The Morgan fingerprint density at radius 2 is 1.79 bits per heavy atom. The minimum Gasteiger partial charge on any atom is -0.466 e. The summed E-state index contributed by atoms with van der Waals surface area (Å²) >= 11 is 0. The molecular weight excluding hydrogens is 368 g/mol. The van der Waals surface area contributed by atoms with E-state index in [2.05, 4.69) is 5.32 Å². The van der Waals surface area contributed by atoms with Crippen LogP contribution in [0.1, 0.15) is 39.3 Å². The third-order valence-electron chi connectivity index (χ3n) is 4.81. The van der Waals surface area contributed by atoms with Crippen molar-refractivity contribution in [1.82, 2.24) is 9.88 Å². The van der Waals surface area contributed by atoms with Gasteiger partial charge >= 0.3 is 5.97 Å². The largest absolute Gasteiger partial charge is 0.466 e. The van der Waals surface area contributed by atoms with Gasteiger partial charge < -0.3 is 14.6 Å². The molecule has 29 heavy (non-hydrogen) atoms. The van der Waals surface area contributed by atoms with Crippen molar-refractivity contribution in [3.63, 3.8) is 0 Å². The molecule has 0 aliphatic carbocycles. The van der Waals surface area contributed by atoms with Crippen molar-refractivity contribution in [3.05, 3.63) is 71.4 Å². The molecule has 1 amide bonds. The molecule has 150 valence electrons. The number of aromatic nitrogens is 1. The standard InChI is InChI=1S/C23H24N2O4/c1-25-20-11-6-5-10-18(20)19(16-26)22(25)23(28)24-14-7-15-29-21(27)13-12-17-8-3-2-4-9-17/h2-6,8-11,16H,7,12-15H2,1H3,(H,24,28). The van der Waals surface area contributed by atoms with Gasteiger partial charge in [0.05, 0.1) is 12.2 Å². The van der Waals surface area contributed by atoms with Gasteiger partial charge in [0, 0.05) is 30.9 Å². The van der Waals surface area contributed by atoms with Gasteiger partial charge in [-0.2, -0.15) is 0 Å². The minimum absolute atomic E-state index is 0.240. The predicted octanol–water partition coefficient (Wildman–Crippen LogP) is 3.29. The molecule has 1 heterocycles. The zero-order valence-electron chi connectivity index (χ0n) is 16.4. The van der Waals surface area contributed by atoms with Gasteiger partial charge in [-0.25, -0.2) is 0 Å². The van der Waals surface area contributed by atoms with Crippen LogP contribution in [0.2, 0.25) is 0 Å². The zero-order chi connectivity index (χ0) is 20.6. The highest BCUT2D eigenvalue weighted by atomic mass is 16.5. The van der Waals surface area contributed by atoms with Gasteiger partial charge in [-0.1, -0.05) is 48.5 Å². The second-order valence-electron chi connectivity index (χ2n) is 6.77. The SMILES string of the molecule is Cn1c(C(=O)NCCCOC(=O)CCc2ccccc2)c(C=O)c2ccccc21. The summed E-state index contributed by atoms with van der Waals surface area (Å²) in [5.41, 5.74) is 2.64. The van der Waals surface area contributed by atoms with Crippen LogP contribution in [0.5, 0.6) is 0 Å². The lowest BCUT2D eigenvalue weighted by atomic mass is 10.1. The van der Waals surface area contributed by atoms with Gasteiger partial charge in [0.15, 0.2) is 6.29 Å². The number of amides is 1. The Labute approximate surface area is 169 Å². The number of aldehydes is 1. The number of fused-ring (bicyclic) bond motifs is 1. The van der Waals surface area contributed by atoms with Gasteiger partial charge in [0.1, 0.15) is 5.69 Å². The van der Waals surface area contributed by atoms with Gasteiger partial charge in [0.25, 0.3) is 5.91 Å². The molecule has 0 aliphatic heterocycles. The third-order valence-corrected chi connectivity index (χ3v) is 4.81. The van der Waals surface area contributed by atoms with E-state index in [1.54, 1.807) is 11.6 Å². The van der Waals surface area contributed by atoms with Crippen LogP contribution in [-0.2, 0) is 23.0 Å². The minimum atomic E-state index is -0.318. The predicted molar refractivity (Wildman–Crippen MR) is 111 cm³/mol. The van der Waals surface area contributed by atoms with Crippen LogP contribution in [0.4, 0.5) is 0 Å². The monoisotopic (exact) mass is 392 g/mol. The van der Waals surface area contributed by atoms with Crippen LogP contribution in [0.25, 0.3) is 10.9 Å². The fraction of sp³-hybridized carbons (Fsp3) is 0.261. The summed E-state index contributed by atoms with van der Waals surface area (Å²) in [5.74, 6) is -0.571. The number of rotatable bonds is 9. The number of ether oxygens (including phenoxy) is 1. The fourth-order valence-corrected chi connectivity index (χ4v) is 3.32. The Balaban J connectivity index is 1.45. The molecule has 0 saturated heterocycles. The molecule has 1 N–H and O–H groups in total. The molecule has 3 rings (SSSR count). The molecule has 0 unspecified atom stereocenters. The second kappa shape index (κ2) is 9.68. The maximum Gasteiger partial charge on any atom is 0.306 e. The first-order valence-electron chi connectivity index (χ1n) is 9.62. The molecule has 3 aromatic rings. The number of nitrogens with one attached hydrogen (secondary N) is 1. The molecule has 0 saturated carbocycles. The number of esters is 1. The number of nitrogens with zero attached hydrogens (tertiary/aromatic N) is 1. The molecule has 0 radical (unpaired) electrons. The molecule has 6 nitrogen and oxygen atoms in total. The zero-order valence-corrected chi connectivity index (χ0v) is 16.4. The summed E-state index contributed by atoms with van der Waals surface area (Å²) in [7, 11) is 1.76. The van der Waals surface area contributed by atoms with Crippen molar-refractivity contribution in [3.8, 4) is 0 Å². The Morgan fingerprint density at radius 1 is 1.07 bits per heavy atom. The van der Waals surface area contributed by atoms with Crippen molar-refractivity contribution in [2.24, 2.45) is 7.05 Å². The van der Waals surface area contributed by atoms with Crippen LogP contribution < -0.4 is 5.32 Å². The number of carbonyl (C=O) groups excluding carboxylic acids is 3. The molecular formula is C23H24N2O4. The van der Waals surface area contributed by atoms with Crippen molar-refractivity contribution >= 4 is 29.1 Å². The second-order valence-corrected chi connectivity index (χ2v) is 6.77. The lowest BCUT2D eigenvalue weighted by Crippen LogP contribution is -2.28. The van der Waals surface area contributed by atoms with E-state index < -0.39 is 0 Å². The number of para-hydroxylation sites is 1. The Bertz CT molecular complexity index is 1010. The Hall–Kier alpha value is -3.41. The quantitative estimate of drug-likeness (QED) is 0.344. The number of carbonyl (C=O) groups is 3. The van der Waals surface area contributed by atoms with Gasteiger partial charge in [0.2, 0.25) is 0 Å². The van der Waals surface area contributed by atoms with Crippen LogP contribution in [0, 0.1) is 0 Å². The van der Waals surface area contributed by atoms with Crippen LogP contribution in [-0.4, -0.2) is 35.9 Å². The first-order chi connectivity index (χ1) is 14.1. The number of benzene rings is 2. The average molecular weight is 392 g/mol. The highest BCUT2D eigenvalue weighted by Gasteiger charge is 2.20. The van der Waals surface area contributed by atoms with Crippen LogP contribution in [0.15, 0.2) is 54.6 Å². The summed E-state index contributed by atoms with van der Waals surface area (Å²) in [6, 6.07) is 17.2. The first kappa shape index (κ1) is 20.3. The van der Waals surface area contributed by atoms with Gasteiger partial charge in [-0.05, 0) is 24.5 Å². The molecule has 0 atom stereocenters. The lowest BCUT2D eigenvalue weighted by Gasteiger charge is -2.08. The molecule has 2 aromatic carbocycles. The van der Waals surface area contributed by atoms with E-state index >= 15 is 0 Å². The highest BCUT2D eigenvalue weighted by Crippen LogP contribution is 2.23. The molecule has 0 spiro atoms. The molecule has 1 aromatic heterocycles. The molecule has 0 bridgehead atoms. The maximum absolute atomic E-state index is 12.6. The Kier molecular flexibility index (Phi) is 6.79. The molecule has 0 aliphatic rings. The van der Waals surface area contributed by atoms with Crippen molar-refractivity contribution in [2.45, 2.75) is 19.3 Å². The van der Waals surface area contributed by atoms with Crippen molar-refractivity contribution in [1.29, 1.82) is 0 Å². The fourth-order valence-electron chi connectivity index (χ4n) is 3.32. The van der Waals surface area contributed by atoms with E-state index in [1.807, 2.05) is 54.6 Å². The Morgan fingerprint density at radius 3 is 2.55 bits per heavy atom. The van der Waals surface area contributed by atoms with E-state index in [9.17, 15) is 14.4 Å². The van der Waals surface area contributed by atoms with Crippen molar-refractivity contribution < 1.29 is 19.1 Å². The normalized spacial score (nSPS) is 10.7. The summed E-state index contributed by atoms with van der Waals surface area (Å²) in [4.78, 5) is 35.9. The van der Waals surface area contributed by atoms with E-state index in [0.29, 0.717) is 43.4 Å². The van der Waals surface area contributed by atoms with Gasteiger partial charge in [-0.3, -0.25) is 14.4 Å². The first-order valence-corrected chi connectivity index (χ1v) is 9.62. The van der Waals surface area contributed by atoms with E-state index in [1.165, 1.54) is 0 Å². The van der Waals surface area contributed by atoms with Gasteiger partial charge in [-0.15, -0.1) is 0 Å². The van der Waals surface area contributed by atoms with E-state index in [-0.39, 0.29) is 18.5 Å². The summed E-state index contributed by atoms with van der Waals surface area (Å²) in [6.45, 7) is 0.591. The topological polar surface area (TPSA) is 77.4 Å². The summed E-state index contributed by atoms with van der Waals surface area (Å²) in [6.07, 6.45) is 2.19. The molecule has 6 heteroatoms. The van der Waals surface area contributed by atoms with Crippen LogP contribution >= 0.6 is 0 Å². The number of aryl methyl sites for hydroxylation is 2. The maximum atomic E-state index is 12.6. The third kappa shape index (κ3) is 4.90. The summed E-state index contributed by atoms with van der Waals surface area (Å²) < 4.78 is 6.94. The highest BCUT2D eigenvalue weighted by molar-refractivity contribution is 6.10. The van der Waals surface area contributed by atoms with Crippen molar-refractivity contribution in [2.75, 3.05) is 13.2 Å². The average Bonchev–Trinajstić information content (AvgIpc) is 3.04. The van der Waals surface area contributed by atoms with E-state index in [0.717, 1.165) is 16.5 Å². The number of hydrogen-bond acceptors (Lipinski definition) is 4. The van der Waals surface area contributed by atoms with Crippen LogP contribution in [0.3, 0.4) is 0 Å². The molecule has 0 fully saturated rings. The lowest BCUT2D eigenvalue weighted by molar-refractivity contribution is -0.143. The van der Waals surface area contributed by atoms with E-state index in [4.69, 9.17) is 4.74 Å². The smallest absolute Gasteiger partial charge is 0.306 e. The summed E-state index contributed by atoms with van der Waals surface area (Å²) in [5, 5.41) is 3.55.